The number of amides is 19. The van der Waals surface area contributed by atoms with Crippen molar-refractivity contribution in [2.24, 2.45) is 34.8 Å². The highest BCUT2D eigenvalue weighted by molar-refractivity contribution is 7.80. The van der Waals surface area contributed by atoms with Crippen LogP contribution in [0, 0.1) is 11.8 Å². The third-order valence-electron chi connectivity index (χ3n) is 22.8. The van der Waals surface area contributed by atoms with Crippen LogP contribution in [0.3, 0.4) is 0 Å². The van der Waals surface area contributed by atoms with Crippen LogP contribution < -0.4 is 108 Å². The summed E-state index contributed by atoms with van der Waals surface area (Å²) in [5.41, 5.74) is 24.8. The van der Waals surface area contributed by atoms with E-state index >= 15 is 24.0 Å². The highest BCUT2D eigenvalue weighted by Crippen LogP contribution is 2.25. The standard InChI is InChI=1S/C91H131N23O24S2/c1-47(2)36-64(84(131)113-69(45-139)88(135)103-50(5)79(126)102-48(3)78(125)96-34-31-73(118)104-61(21-12-14-33-93)81(128)100-41-53(77(95)124)16-11-13-32-92)107-86(133)66(39-55-43-99-60-20-10-8-18-58(55)60)109-82(129)62(27-29-72(94)117)105-85(132)65(38-54-42-98-59-19-9-7-17-57(54)59)108-83(130)63(28-30-75(120)121)106-90(137)71-22-15-35-114(71)91(138)68(37-52-23-25-56(116)26-24-52)111-87(134)67(40-76(122)123)110-89(136)70(46-140)112-80(127)49(4)101-74(119)44-97-51(6)115/h7-10,17-20,23-26,42-43,47-50,53,61-71,98-99,116,139-140H,11-16,21-22,27-41,44-46,92-93H2,1-6H3,(H2,94,117)(H2,95,124)(H,96,125)(H,97,115)(H,100,128)(H,101,119)(H,102,126)(H,103,135)(H,104,118)(H,105,132)(H,106,137)(H,107,133)(H,108,130)(H,109,129)(H,110,136)(H,111,134)(H,112,127)(H,113,131)(H,120,121)(H,122,123)/t48-,49-,50-,53+,61-,62-,63-,64-,65-,66-,67-,68-,69-,70-,71-/m1/s1. The third kappa shape index (κ3) is 38.1. The number of aliphatic carboxylic acids is 2. The summed E-state index contributed by atoms with van der Waals surface area (Å²) < 4.78 is 0. The summed E-state index contributed by atoms with van der Waals surface area (Å²) in [5, 5.41) is 71.6. The molecule has 19 amide bonds. The fraction of sp³-hybridized carbons (Fsp3) is 0.527. The molecule has 0 radical (unpaired) electrons. The number of nitrogens with two attached hydrogens (primary N) is 4. The number of hydrogen-bond donors (Lipinski definition) is 27. The molecule has 1 saturated heterocycles. The first-order chi connectivity index (χ1) is 66.4. The Morgan fingerprint density at radius 3 is 1.44 bits per heavy atom. The average molecular weight is 2000 g/mol. The Hall–Kier alpha value is -14.0. The molecule has 47 nitrogen and oxygen atoms in total. The zero-order valence-corrected chi connectivity index (χ0v) is 80.6. The number of aromatic hydroxyl groups is 1. The van der Waals surface area contributed by atoms with E-state index in [0.29, 0.717) is 83.7 Å². The molecule has 0 aliphatic carbocycles. The zero-order chi connectivity index (χ0) is 104. The number of carboxylic acid groups (broad SMARTS) is 2. The van der Waals surface area contributed by atoms with Gasteiger partial charge in [0.1, 0.15) is 90.3 Å². The van der Waals surface area contributed by atoms with Gasteiger partial charge in [0.05, 0.1) is 18.9 Å². The highest BCUT2D eigenvalue weighted by Gasteiger charge is 2.43. The van der Waals surface area contributed by atoms with Crippen molar-refractivity contribution in [3.8, 4) is 5.75 Å². The number of primary amides is 2. The Morgan fingerprint density at radius 1 is 0.443 bits per heavy atom. The number of benzene rings is 3. The third-order valence-corrected chi connectivity index (χ3v) is 23.6. The molecule has 1 fully saturated rings. The molecule has 1 aliphatic rings. The predicted molar refractivity (Wildman–Crippen MR) is 515 cm³/mol. The van der Waals surface area contributed by atoms with E-state index in [0.717, 1.165) is 11.8 Å². The van der Waals surface area contributed by atoms with Gasteiger partial charge in [-0.2, -0.15) is 25.3 Å². The van der Waals surface area contributed by atoms with Gasteiger partial charge in [-0.1, -0.05) is 68.8 Å². The molecule has 6 rings (SSSR count). The van der Waals surface area contributed by atoms with Crippen LogP contribution in [0.5, 0.6) is 5.75 Å². The Balaban J connectivity index is 1.20. The maximum Gasteiger partial charge on any atom is 0.305 e. The van der Waals surface area contributed by atoms with Gasteiger partial charge < -0.3 is 138 Å². The lowest BCUT2D eigenvalue weighted by atomic mass is 9.99. The van der Waals surface area contributed by atoms with Gasteiger partial charge in [-0.3, -0.25) is 101 Å². The number of nitrogens with zero attached hydrogens (tertiary/aromatic N) is 1. The Kier molecular flexibility index (Phi) is 47.6. The summed E-state index contributed by atoms with van der Waals surface area (Å²) in [6.07, 6.45) is 0.708. The summed E-state index contributed by atoms with van der Waals surface area (Å²) in [5.74, 6) is -22.4. The van der Waals surface area contributed by atoms with Crippen LogP contribution >= 0.6 is 25.3 Å². The molecule has 0 spiro atoms. The van der Waals surface area contributed by atoms with Crippen LogP contribution in [0.15, 0.2) is 85.2 Å². The Bertz CT molecular complexity index is 5190. The van der Waals surface area contributed by atoms with E-state index < -0.39 is 272 Å². The number of hydrogen-bond acceptors (Lipinski definition) is 26. The minimum Gasteiger partial charge on any atom is -0.508 e. The first-order valence-corrected chi connectivity index (χ1v) is 47.3. The number of carboxylic acids is 2. The van der Waals surface area contributed by atoms with Gasteiger partial charge >= 0.3 is 11.9 Å². The Morgan fingerprint density at radius 2 is 0.900 bits per heavy atom. The second-order valence-corrected chi connectivity index (χ2v) is 35.2. The molecule has 3 heterocycles. The van der Waals surface area contributed by atoms with Crippen molar-refractivity contribution < 1.29 is 116 Å². The Labute approximate surface area is 818 Å². The number of fused-ring (bicyclic) bond motifs is 2. The number of aromatic nitrogens is 2. The second-order valence-electron chi connectivity index (χ2n) is 34.5. The first kappa shape index (κ1) is 115. The number of phenolic OH excluding ortho intramolecular Hbond substituents is 1. The van der Waals surface area contributed by atoms with E-state index in [9.17, 15) is 92.0 Å². The lowest BCUT2D eigenvalue weighted by Gasteiger charge is -2.31. The van der Waals surface area contributed by atoms with Crippen molar-refractivity contribution >= 4 is 171 Å². The van der Waals surface area contributed by atoms with Crippen LogP contribution in [0.4, 0.5) is 0 Å². The van der Waals surface area contributed by atoms with Gasteiger partial charge in [0.2, 0.25) is 112 Å². The SMILES string of the molecule is CC(=O)NCC(=O)N[C@H](C)C(=O)N[C@H](CS)C(=O)N[C@H](CC(=O)O)C(=O)N[C@H](Cc1ccc(O)cc1)C(=O)N1CCC[C@@H]1C(=O)N[C@H](CCC(=O)O)C(=O)N[C@H](Cc1c[nH]c2ccccc12)C(=O)N[C@H](CCC(N)=O)C(=O)N[C@H](Cc1c[nH]c2ccccc12)C(=O)N[C@H](CC(C)C)C(=O)N[C@H](CS)C(=O)N[C@H](C)C(=O)N[C@H](C)C(=O)NCCC(=O)N[C@H](CCCCN)C(=O)NC[C@H](CCCCN)C(N)=O. The van der Waals surface area contributed by atoms with Crippen LogP contribution in [0.2, 0.25) is 0 Å². The molecule has 2 aromatic heterocycles. The number of carbonyl (C=O) groups is 21. The molecule has 0 saturated carbocycles. The van der Waals surface area contributed by atoms with E-state index in [1.165, 1.54) is 51.2 Å². The maximum atomic E-state index is 15.4. The topological polar surface area (TPSA) is 751 Å². The van der Waals surface area contributed by atoms with Crippen LogP contribution in [0.25, 0.3) is 21.8 Å². The highest BCUT2D eigenvalue weighted by atomic mass is 32.1. The number of carbonyl (C=O) groups excluding carboxylic acids is 19. The summed E-state index contributed by atoms with van der Waals surface area (Å²) in [6.45, 7) is 8.24. The van der Waals surface area contributed by atoms with Gasteiger partial charge in [-0.05, 0) is 145 Å². The minimum atomic E-state index is -1.98. The molecule has 49 heteroatoms. The van der Waals surface area contributed by atoms with Crippen molar-refractivity contribution in [1.82, 2.24) is 99.9 Å². The van der Waals surface area contributed by atoms with Gasteiger partial charge in [-0.25, -0.2) is 0 Å². The zero-order valence-electron chi connectivity index (χ0n) is 78.8. The van der Waals surface area contributed by atoms with Gasteiger partial charge in [0.15, 0.2) is 0 Å². The molecular formula is C91H131N23O24S2. The van der Waals surface area contributed by atoms with E-state index in [-0.39, 0.29) is 75.6 Å². The quantitative estimate of drug-likeness (QED) is 0.0129. The molecule has 29 N–H and O–H groups in total. The van der Waals surface area contributed by atoms with E-state index in [1.807, 2.05) is 0 Å². The molecule has 15 atom stereocenters. The maximum absolute atomic E-state index is 15.4. The van der Waals surface area contributed by atoms with Crippen molar-refractivity contribution in [2.75, 3.05) is 50.8 Å². The summed E-state index contributed by atoms with van der Waals surface area (Å²) in [7, 11) is 0. The number of unbranched alkanes of at least 4 members (excludes halogenated alkanes) is 2. The summed E-state index contributed by atoms with van der Waals surface area (Å²) in [4.78, 5) is 295. The number of phenols is 1. The van der Waals surface area contributed by atoms with Crippen molar-refractivity contribution in [2.45, 2.75) is 242 Å². The van der Waals surface area contributed by atoms with E-state index in [4.69, 9.17) is 22.9 Å². The van der Waals surface area contributed by atoms with Crippen molar-refractivity contribution in [3.05, 3.63) is 102 Å². The largest absolute Gasteiger partial charge is 0.508 e. The molecule has 766 valence electrons. The van der Waals surface area contributed by atoms with Gasteiger partial charge in [-0.15, -0.1) is 0 Å². The number of para-hydroxylation sites is 2. The molecule has 0 unspecified atom stereocenters. The number of nitrogens with one attached hydrogen (secondary N) is 18. The minimum absolute atomic E-state index is 0.0613. The van der Waals surface area contributed by atoms with E-state index in [1.54, 1.807) is 68.6 Å². The molecule has 140 heavy (non-hydrogen) atoms. The molecular weight excluding hydrogens is 1860 g/mol. The number of likely N-dealkylation sites (tertiary alicyclic amines) is 1. The first-order valence-electron chi connectivity index (χ1n) is 46.0. The fourth-order valence-corrected chi connectivity index (χ4v) is 15.6. The summed E-state index contributed by atoms with van der Waals surface area (Å²) in [6, 6.07) is -2.81. The molecule has 1 aliphatic heterocycles. The number of H-pyrrole nitrogens is 2. The second kappa shape index (κ2) is 58.0. The number of thiol groups is 2. The molecule has 5 aromatic rings. The average Bonchev–Trinajstić information content (AvgIpc) is 1.65. The van der Waals surface area contributed by atoms with Crippen LogP contribution in [-0.2, 0) is 120 Å². The van der Waals surface area contributed by atoms with Crippen molar-refractivity contribution in [1.29, 1.82) is 0 Å². The molecule has 0 bridgehead atoms. The van der Waals surface area contributed by atoms with Gasteiger partial charge in [0, 0.05) is 111 Å². The lowest BCUT2D eigenvalue weighted by molar-refractivity contribution is -0.144. The lowest BCUT2D eigenvalue weighted by Crippen LogP contribution is -2.61. The van der Waals surface area contributed by atoms with Gasteiger partial charge in [0.25, 0.3) is 0 Å². The fourth-order valence-electron chi connectivity index (χ4n) is 15.1. The smallest absolute Gasteiger partial charge is 0.305 e. The van der Waals surface area contributed by atoms with Crippen LogP contribution in [0.1, 0.15) is 155 Å². The monoisotopic (exact) mass is 1990 g/mol. The number of aromatic amines is 2. The normalized spacial score (nSPS) is 15.2. The van der Waals surface area contributed by atoms with Crippen molar-refractivity contribution in [3.63, 3.8) is 0 Å². The summed E-state index contributed by atoms with van der Waals surface area (Å²) >= 11 is 8.46. The number of rotatable bonds is 61. The predicted octanol–water partition coefficient (Wildman–Crippen LogP) is -4.64. The molecule has 3 aromatic carbocycles. The van der Waals surface area contributed by atoms with E-state index in [2.05, 4.69) is 120 Å². The van der Waals surface area contributed by atoms with Crippen LogP contribution in [-0.4, -0.2) is 290 Å².